The Bertz CT molecular complexity index is 778. The molecule has 0 unspecified atom stereocenters. The van der Waals surface area contributed by atoms with E-state index < -0.39 is 0 Å². The number of hydrogen-bond acceptors (Lipinski definition) is 3. The van der Waals surface area contributed by atoms with E-state index in [9.17, 15) is 9.59 Å². The van der Waals surface area contributed by atoms with Gasteiger partial charge in [0.15, 0.2) is 0 Å². The Kier molecular flexibility index (Phi) is 8.00. The van der Waals surface area contributed by atoms with Crippen molar-refractivity contribution < 1.29 is 9.59 Å². The minimum absolute atomic E-state index is 0. The number of halogens is 1. The fourth-order valence-electron chi connectivity index (χ4n) is 2.75. The van der Waals surface area contributed by atoms with Crippen molar-refractivity contribution >= 4 is 29.9 Å². The summed E-state index contributed by atoms with van der Waals surface area (Å²) in [6, 6.07) is 16.2. The summed E-state index contributed by atoms with van der Waals surface area (Å²) in [5.41, 5.74) is 7.37. The molecule has 0 bridgehead atoms. The summed E-state index contributed by atoms with van der Waals surface area (Å²) >= 11 is 0. The first-order valence-electron chi connectivity index (χ1n) is 8.64. The molecule has 2 aromatic rings. The molecule has 2 aromatic carbocycles. The van der Waals surface area contributed by atoms with Crippen LogP contribution in [-0.2, 0) is 0 Å². The zero-order chi connectivity index (χ0) is 19.3. The average Bonchev–Trinajstić information content (AvgIpc) is 2.66. The summed E-state index contributed by atoms with van der Waals surface area (Å²) < 4.78 is 0. The van der Waals surface area contributed by atoms with E-state index in [1.165, 1.54) is 0 Å². The molecule has 0 atom stereocenters. The molecule has 0 aromatic heterocycles. The predicted molar refractivity (Wildman–Crippen MR) is 113 cm³/mol. The zero-order valence-electron chi connectivity index (χ0n) is 16.3. The maximum Gasteiger partial charge on any atom is 0.258 e. The van der Waals surface area contributed by atoms with Gasteiger partial charge in [-0.3, -0.25) is 9.59 Å². The van der Waals surface area contributed by atoms with Crippen LogP contribution < -0.4 is 10.6 Å². The lowest BCUT2D eigenvalue weighted by atomic mass is 9.93. The van der Waals surface area contributed by atoms with Gasteiger partial charge in [-0.25, -0.2) is 0 Å². The van der Waals surface area contributed by atoms with Crippen molar-refractivity contribution in [3.63, 3.8) is 0 Å². The average molecular weight is 390 g/mol. The number of hydrogen-bond donors (Lipinski definition) is 1. The lowest BCUT2D eigenvalue weighted by Gasteiger charge is -2.29. The summed E-state index contributed by atoms with van der Waals surface area (Å²) in [5.74, 6) is -0.278. The first-order valence-corrected chi connectivity index (χ1v) is 8.64. The fourth-order valence-corrected chi connectivity index (χ4v) is 2.75. The van der Waals surface area contributed by atoms with Crippen molar-refractivity contribution in [2.24, 2.45) is 11.1 Å². The molecule has 2 N–H and O–H groups in total. The van der Waals surface area contributed by atoms with Gasteiger partial charge in [-0.05, 0) is 42.3 Å². The number of nitrogens with zero attached hydrogens (tertiary/aromatic N) is 2. The first-order chi connectivity index (χ1) is 12.2. The number of benzene rings is 2. The SMILES string of the molecule is CN(CC(C)(C)CN)C(=O)c1cccc(C(=O)N(C)c2ccccc2)c1.Cl. The highest BCUT2D eigenvalue weighted by Crippen LogP contribution is 2.18. The Morgan fingerprint density at radius 2 is 1.48 bits per heavy atom. The van der Waals surface area contributed by atoms with Gasteiger partial charge in [0.2, 0.25) is 0 Å². The normalized spacial score (nSPS) is 10.7. The second kappa shape index (κ2) is 9.53. The van der Waals surface area contributed by atoms with Crippen LogP contribution in [-0.4, -0.2) is 43.9 Å². The van der Waals surface area contributed by atoms with E-state index in [1.54, 1.807) is 48.2 Å². The number of nitrogens with two attached hydrogens (primary N) is 1. The van der Waals surface area contributed by atoms with E-state index in [1.807, 2.05) is 44.2 Å². The lowest BCUT2D eigenvalue weighted by Crippen LogP contribution is -2.39. The molecule has 6 heteroatoms. The van der Waals surface area contributed by atoms with Gasteiger partial charge >= 0.3 is 0 Å². The van der Waals surface area contributed by atoms with Gasteiger partial charge in [-0.1, -0.05) is 38.1 Å². The third kappa shape index (κ3) is 5.81. The lowest BCUT2D eigenvalue weighted by molar-refractivity contribution is 0.0740. The molecule has 0 saturated carbocycles. The Balaban J connectivity index is 0.00000364. The summed E-state index contributed by atoms with van der Waals surface area (Å²) in [5, 5.41) is 0. The molecule has 0 fully saturated rings. The van der Waals surface area contributed by atoms with Gasteiger partial charge in [-0.15, -0.1) is 12.4 Å². The number of anilines is 1. The smallest absolute Gasteiger partial charge is 0.258 e. The van der Waals surface area contributed by atoms with Crippen LogP contribution in [0, 0.1) is 5.41 Å². The number of carbonyl (C=O) groups excluding carboxylic acids is 2. The second-order valence-corrected chi connectivity index (χ2v) is 7.31. The molecule has 0 spiro atoms. The van der Waals surface area contributed by atoms with Crippen LogP contribution in [0.4, 0.5) is 5.69 Å². The monoisotopic (exact) mass is 389 g/mol. The van der Waals surface area contributed by atoms with Crippen LogP contribution in [0.25, 0.3) is 0 Å². The van der Waals surface area contributed by atoms with Crippen molar-refractivity contribution in [1.29, 1.82) is 0 Å². The molecule has 0 heterocycles. The summed E-state index contributed by atoms with van der Waals surface area (Å²) in [4.78, 5) is 28.7. The minimum Gasteiger partial charge on any atom is -0.341 e. The molecule has 2 amide bonds. The van der Waals surface area contributed by atoms with Crippen molar-refractivity contribution in [2.75, 3.05) is 32.1 Å². The Labute approximate surface area is 167 Å². The van der Waals surface area contributed by atoms with E-state index >= 15 is 0 Å². The van der Waals surface area contributed by atoms with Gasteiger partial charge in [0, 0.05) is 37.5 Å². The van der Waals surface area contributed by atoms with E-state index in [0.717, 1.165) is 5.69 Å². The molecule has 2 rings (SSSR count). The third-order valence-corrected chi connectivity index (χ3v) is 4.37. The van der Waals surface area contributed by atoms with Crippen LogP contribution in [0.5, 0.6) is 0 Å². The van der Waals surface area contributed by atoms with E-state index in [4.69, 9.17) is 5.73 Å². The van der Waals surface area contributed by atoms with Gasteiger partial charge in [0.1, 0.15) is 0 Å². The molecular weight excluding hydrogens is 362 g/mol. The van der Waals surface area contributed by atoms with E-state index in [-0.39, 0.29) is 29.6 Å². The molecule has 5 nitrogen and oxygen atoms in total. The van der Waals surface area contributed by atoms with Crippen LogP contribution in [0.2, 0.25) is 0 Å². The number of amides is 2. The van der Waals surface area contributed by atoms with Gasteiger partial charge in [0.05, 0.1) is 0 Å². The number of carbonyl (C=O) groups is 2. The van der Waals surface area contributed by atoms with Gasteiger partial charge in [0.25, 0.3) is 11.8 Å². The molecule has 146 valence electrons. The van der Waals surface area contributed by atoms with Crippen LogP contribution in [0.1, 0.15) is 34.6 Å². The van der Waals surface area contributed by atoms with Gasteiger partial charge < -0.3 is 15.5 Å². The standard InChI is InChI=1S/C21H27N3O2.ClH/c1-21(2,14-22)15-23(3)19(25)16-9-8-10-17(13-16)20(26)24(4)18-11-6-5-7-12-18;/h5-13H,14-15,22H2,1-4H3;1H. The molecule has 27 heavy (non-hydrogen) atoms. The maximum absolute atomic E-state index is 12.7. The highest BCUT2D eigenvalue weighted by molar-refractivity contribution is 6.07. The molecule has 0 radical (unpaired) electrons. The van der Waals surface area contributed by atoms with E-state index in [0.29, 0.717) is 24.2 Å². The van der Waals surface area contributed by atoms with Crippen LogP contribution in [0.15, 0.2) is 54.6 Å². The summed E-state index contributed by atoms with van der Waals surface area (Å²) in [6.07, 6.45) is 0. The summed E-state index contributed by atoms with van der Waals surface area (Å²) in [7, 11) is 3.48. The molecule has 0 saturated heterocycles. The zero-order valence-corrected chi connectivity index (χ0v) is 17.1. The Hall–Kier alpha value is -2.37. The minimum atomic E-state index is -0.161. The third-order valence-electron chi connectivity index (χ3n) is 4.37. The van der Waals surface area contributed by atoms with Gasteiger partial charge in [-0.2, -0.15) is 0 Å². The highest BCUT2D eigenvalue weighted by Gasteiger charge is 2.23. The van der Waals surface area contributed by atoms with Crippen molar-refractivity contribution in [1.82, 2.24) is 4.90 Å². The quantitative estimate of drug-likeness (QED) is 0.822. The topological polar surface area (TPSA) is 66.6 Å². The largest absolute Gasteiger partial charge is 0.341 e. The molecule has 0 aliphatic carbocycles. The molecule has 0 aliphatic rings. The maximum atomic E-state index is 12.7. The highest BCUT2D eigenvalue weighted by atomic mass is 35.5. The molecule has 0 aliphatic heterocycles. The first kappa shape index (κ1) is 22.7. The Morgan fingerprint density at radius 1 is 0.926 bits per heavy atom. The van der Waals surface area contributed by atoms with Crippen molar-refractivity contribution in [3.8, 4) is 0 Å². The van der Waals surface area contributed by atoms with Crippen molar-refractivity contribution in [3.05, 3.63) is 65.7 Å². The Morgan fingerprint density at radius 3 is 2.04 bits per heavy atom. The number of para-hydroxylation sites is 1. The predicted octanol–water partition coefficient (Wildman–Crippen LogP) is 3.44. The van der Waals surface area contributed by atoms with Crippen molar-refractivity contribution in [2.45, 2.75) is 13.8 Å². The second-order valence-electron chi connectivity index (χ2n) is 7.31. The van der Waals surface area contributed by atoms with Crippen LogP contribution in [0.3, 0.4) is 0 Å². The number of rotatable bonds is 6. The van der Waals surface area contributed by atoms with Crippen LogP contribution >= 0.6 is 12.4 Å². The van der Waals surface area contributed by atoms with E-state index in [2.05, 4.69) is 0 Å². The fraction of sp³-hybridized carbons (Fsp3) is 0.333. The summed E-state index contributed by atoms with van der Waals surface area (Å²) in [6.45, 7) is 5.08. The molecular formula is C21H28ClN3O2.